The van der Waals surface area contributed by atoms with Crippen molar-refractivity contribution in [3.8, 4) is 5.75 Å². The number of hydrogen-bond acceptors (Lipinski definition) is 3. The van der Waals surface area contributed by atoms with Crippen LogP contribution in [-0.4, -0.2) is 30.0 Å². The second-order valence-electron chi connectivity index (χ2n) is 4.86. The zero-order valence-corrected chi connectivity index (χ0v) is 16.1. The van der Waals surface area contributed by atoms with Crippen molar-refractivity contribution in [3.63, 3.8) is 0 Å². The van der Waals surface area contributed by atoms with Gasteiger partial charge in [-0.05, 0) is 24.1 Å². The molecule has 0 aliphatic carbocycles. The molecule has 138 valence electrons. The Morgan fingerprint density at radius 3 is 1.96 bits per heavy atom. The molecule has 0 saturated heterocycles. The Morgan fingerprint density at radius 1 is 1.04 bits per heavy atom. The maximum Gasteiger partial charge on any atom is 0.242 e. The van der Waals surface area contributed by atoms with Gasteiger partial charge in [-0.2, -0.15) is 0 Å². The summed E-state index contributed by atoms with van der Waals surface area (Å²) in [5.74, 6) is -0.300. The molecule has 24 heavy (non-hydrogen) atoms. The second kappa shape index (κ2) is 14.5. The van der Waals surface area contributed by atoms with Crippen LogP contribution in [-0.2, 0) is 16.0 Å². The summed E-state index contributed by atoms with van der Waals surface area (Å²) < 4.78 is 0. The first-order valence-electron chi connectivity index (χ1n) is 8.77. The van der Waals surface area contributed by atoms with Crippen LogP contribution in [0.5, 0.6) is 5.75 Å². The average molecular weight is 338 g/mol. The van der Waals surface area contributed by atoms with Gasteiger partial charge in [0.15, 0.2) is 0 Å². The van der Waals surface area contributed by atoms with E-state index in [0.29, 0.717) is 6.42 Å². The Bertz CT molecular complexity index is 458. The predicted molar refractivity (Wildman–Crippen MR) is 100.0 cm³/mol. The van der Waals surface area contributed by atoms with Gasteiger partial charge in [0.1, 0.15) is 11.8 Å². The monoisotopic (exact) mass is 338 g/mol. The molecular weight excluding hydrogens is 304 g/mol. The van der Waals surface area contributed by atoms with Crippen molar-refractivity contribution in [2.24, 2.45) is 5.92 Å². The third-order valence-corrected chi connectivity index (χ3v) is 3.32. The molecule has 2 amide bonds. The maximum absolute atomic E-state index is 11.9. The highest BCUT2D eigenvalue weighted by molar-refractivity contribution is 5.88. The first-order chi connectivity index (χ1) is 11.5. The smallest absolute Gasteiger partial charge is 0.242 e. The SMILES string of the molecule is CC.CC.CCC(C)C(=O)NC(Cc1ccc(O)cc1)C(=O)NC. The summed E-state index contributed by atoms with van der Waals surface area (Å²) >= 11 is 0. The van der Waals surface area contributed by atoms with Crippen molar-refractivity contribution in [3.05, 3.63) is 29.8 Å². The quantitative estimate of drug-likeness (QED) is 0.745. The van der Waals surface area contributed by atoms with Crippen LogP contribution in [0.4, 0.5) is 0 Å². The maximum atomic E-state index is 11.9. The van der Waals surface area contributed by atoms with Gasteiger partial charge in [0.05, 0.1) is 0 Å². The van der Waals surface area contributed by atoms with E-state index in [1.165, 1.54) is 0 Å². The summed E-state index contributed by atoms with van der Waals surface area (Å²) in [5.41, 5.74) is 0.876. The van der Waals surface area contributed by atoms with E-state index in [4.69, 9.17) is 0 Å². The van der Waals surface area contributed by atoms with Gasteiger partial charge in [-0.1, -0.05) is 53.7 Å². The predicted octanol–water partition coefficient (Wildman–Crippen LogP) is 3.26. The van der Waals surface area contributed by atoms with E-state index in [1.54, 1.807) is 31.3 Å². The van der Waals surface area contributed by atoms with Crippen LogP contribution in [0.1, 0.15) is 53.5 Å². The molecule has 0 fully saturated rings. The molecule has 0 aliphatic heterocycles. The molecular formula is C19H34N2O3. The standard InChI is InChI=1S/C15H22N2O3.2C2H6/c1-4-10(2)14(19)17-13(15(20)16-3)9-11-5-7-12(18)8-6-11;2*1-2/h5-8,10,13,18H,4,9H2,1-3H3,(H,16,20)(H,17,19);2*1-2H3. The molecule has 0 radical (unpaired) electrons. The zero-order valence-electron chi connectivity index (χ0n) is 16.1. The zero-order chi connectivity index (χ0) is 19.1. The molecule has 1 aromatic carbocycles. The number of amides is 2. The Kier molecular flexibility index (Phi) is 14.7. The minimum Gasteiger partial charge on any atom is -0.508 e. The van der Waals surface area contributed by atoms with Crippen LogP contribution >= 0.6 is 0 Å². The highest BCUT2D eigenvalue weighted by Gasteiger charge is 2.22. The third-order valence-electron chi connectivity index (χ3n) is 3.32. The first kappa shape index (κ1) is 24.2. The van der Waals surface area contributed by atoms with E-state index in [1.807, 2.05) is 41.5 Å². The fourth-order valence-corrected chi connectivity index (χ4v) is 1.75. The number of carbonyl (C=O) groups excluding carboxylic acids is 2. The number of nitrogens with one attached hydrogen (secondary N) is 2. The minimum atomic E-state index is -0.606. The average Bonchev–Trinajstić information content (AvgIpc) is 2.64. The fraction of sp³-hybridized carbons (Fsp3) is 0.579. The number of phenols is 1. The molecule has 2 atom stereocenters. The number of hydrogen-bond donors (Lipinski definition) is 3. The van der Waals surface area contributed by atoms with Crippen molar-refractivity contribution in [1.29, 1.82) is 0 Å². The van der Waals surface area contributed by atoms with E-state index >= 15 is 0 Å². The van der Waals surface area contributed by atoms with Gasteiger partial charge in [-0.3, -0.25) is 9.59 Å². The first-order valence-corrected chi connectivity index (χ1v) is 8.77. The lowest BCUT2D eigenvalue weighted by Crippen LogP contribution is -2.48. The topological polar surface area (TPSA) is 78.4 Å². The van der Waals surface area contributed by atoms with Crippen molar-refractivity contribution in [2.45, 2.75) is 60.4 Å². The largest absolute Gasteiger partial charge is 0.508 e. The van der Waals surface area contributed by atoms with Gasteiger partial charge in [0.25, 0.3) is 0 Å². The lowest BCUT2D eigenvalue weighted by molar-refractivity contribution is -0.130. The van der Waals surface area contributed by atoms with E-state index in [2.05, 4.69) is 10.6 Å². The number of likely N-dealkylation sites (N-methyl/N-ethyl adjacent to an activating group) is 1. The van der Waals surface area contributed by atoms with Crippen LogP contribution in [0, 0.1) is 5.92 Å². The highest BCUT2D eigenvalue weighted by atomic mass is 16.3. The molecule has 0 aromatic heterocycles. The fourth-order valence-electron chi connectivity index (χ4n) is 1.75. The number of aromatic hydroxyl groups is 1. The van der Waals surface area contributed by atoms with Crippen LogP contribution < -0.4 is 10.6 Å². The van der Waals surface area contributed by atoms with Crippen molar-refractivity contribution >= 4 is 11.8 Å². The highest BCUT2D eigenvalue weighted by Crippen LogP contribution is 2.12. The summed E-state index contributed by atoms with van der Waals surface area (Å²) in [6.07, 6.45) is 1.12. The van der Waals surface area contributed by atoms with E-state index in [9.17, 15) is 14.7 Å². The van der Waals surface area contributed by atoms with Crippen molar-refractivity contribution in [1.82, 2.24) is 10.6 Å². The van der Waals surface area contributed by atoms with Gasteiger partial charge >= 0.3 is 0 Å². The van der Waals surface area contributed by atoms with Crippen molar-refractivity contribution < 1.29 is 14.7 Å². The summed E-state index contributed by atoms with van der Waals surface area (Å²) in [7, 11) is 1.54. The van der Waals surface area contributed by atoms with Gasteiger partial charge in [-0.25, -0.2) is 0 Å². The van der Waals surface area contributed by atoms with Crippen LogP contribution in [0.15, 0.2) is 24.3 Å². The van der Waals surface area contributed by atoms with Gasteiger partial charge < -0.3 is 15.7 Å². The number of phenolic OH excluding ortho intramolecular Hbond substituents is 1. The third kappa shape index (κ3) is 9.18. The normalized spacial score (nSPS) is 11.6. The minimum absolute atomic E-state index is 0.123. The van der Waals surface area contributed by atoms with Gasteiger partial charge in [0.2, 0.25) is 11.8 Å². The molecule has 0 spiro atoms. The number of carbonyl (C=O) groups is 2. The molecule has 3 N–H and O–H groups in total. The van der Waals surface area contributed by atoms with Crippen LogP contribution in [0.2, 0.25) is 0 Å². The summed E-state index contributed by atoms with van der Waals surface area (Å²) in [5, 5.41) is 14.6. The van der Waals surface area contributed by atoms with Crippen LogP contribution in [0.3, 0.4) is 0 Å². The Morgan fingerprint density at radius 2 is 1.54 bits per heavy atom. The molecule has 0 saturated carbocycles. The summed E-state index contributed by atoms with van der Waals surface area (Å²) in [6.45, 7) is 11.8. The molecule has 5 heteroatoms. The molecule has 0 aliphatic rings. The Labute approximate surface area is 146 Å². The van der Waals surface area contributed by atoms with Gasteiger partial charge in [-0.15, -0.1) is 0 Å². The molecule has 0 heterocycles. The van der Waals surface area contributed by atoms with Crippen LogP contribution in [0.25, 0.3) is 0 Å². The van der Waals surface area contributed by atoms with Crippen molar-refractivity contribution in [2.75, 3.05) is 7.05 Å². The second-order valence-corrected chi connectivity index (χ2v) is 4.86. The molecule has 1 rings (SSSR count). The number of benzene rings is 1. The molecule has 1 aromatic rings. The lowest BCUT2D eigenvalue weighted by atomic mass is 10.0. The van der Waals surface area contributed by atoms with E-state index in [0.717, 1.165) is 12.0 Å². The Balaban J connectivity index is 0. The van der Waals surface area contributed by atoms with E-state index in [-0.39, 0.29) is 23.5 Å². The molecule has 5 nitrogen and oxygen atoms in total. The summed E-state index contributed by atoms with van der Waals surface area (Å²) in [4.78, 5) is 23.8. The number of rotatable bonds is 6. The van der Waals surface area contributed by atoms with Gasteiger partial charge in [0, 0.05) is 19.4 Å². The Hall–Kier alpha value is -2.04. The molecule has 2 unspecified atom stereocenters. The summed E-state index contributed by atoms with van der Waals surface area (Å²) in [6, 6.07) is 5.99. The lowest BCUT2D eigenvalue weighted by Gasteiger charge is -2.19. The van der Waals surface area contributed by atoms with E-state index < -0.39 is 6.04 Å². The molecule has 0 bridgehead atoms.